The van der Waals surface area contributed by atoms with Gasteiger partial charge in [-0.1, -0.05) is 12.1 Å². The van der Waals surface area contributed by atoms with Crippen molar-refractivity contribution in [2.24, 2.45) is 5.92 Å². The predicted octanol–water partition coefficient (Wildman–Crippen LogP) is 3.46. The number of aliphatic carboxylic acids is 1. The van der Waals surface area contributed by atoms with Gasteiger partial charge in [-0.15, -0.1) is 0 Å². The second kappa shape index (κ2) is 7.01. The minimum Gasteiger partial charge on any atom is -0.481 e. The molecule has 2 fully saturated rings. The molecule has 2 saturated heterocycles. The number of amides is 1. The summed E-state index contributed by atoms with van der Waals surface area (Å²) < 4.78 is 26.6. The number of benzene rings is 1. The topological polar surface area (TPSA) is 76.1 Å². The average Bonchev–Trinajstić information content (AvgIpc) is 3.10. The van der Waals surface area contributed by atoms with Crippen LogP contribution in [0.15, 0.2) is 30.0 Å². The summed E-state index contributed by atoms with van der Waals surface area (Å²) in [6.07, 6.45) is -0.0311. The van der Waals surface area contributed by atoms with Gasteiger partial charge in [0.1, 0.15) is 5.73 Å². The highest BCUT2D eigenvalue weighted by atomic mass is 19.1. The highest BCUT2D eigenvalue weighted by Crippen LogP contribution is 2.40. The lowest BCUT2D eigenvalue weighted by atomic mass is 9.83. The van der Waals surface area contributed by atoms with Gasteiger partial charge in [-0.25, -0.2) is 4.39 Å². The summed E-state index contributed by atoms with van der Waals surface area (Å²) in [5.74, 6) is -1.97. The van der Waals surface area contributed by atoms with E-state index < -0.39 is 35.9 Å². The zero-order valence-corrected chi connectivity index (χ0v) is 16.8. The number of nitrogens with zero attached hydrogens (tertiary/aromatic N) is 1. The van der Waals surface area contributed by atoms with Gasteiger partial charge in [0.2, 0.25) is 5.91 Å². The van der Waals surface area contributed by atoms with Crippen LogP contribution >= 0.6 is 0 Å². The van der Waals surface area contributed by atoms with Crippen LogP contribution < -0.4 is 4.90 Å². The maximum absolute atomic E-state index is 15.1. The Morgan fingerprint density at radius 3 is 2.39 bits per heavy atom. The van der Waals surface area contributed by atoms with E-state index in [1.165, 1.54) is 4.90 Å². The van der Waals surface area contributed by atoms with Crippen molar-refractivity contribution in [2.45, 2.75) is 52.2 Å². The van der Waals surface area contributed by atoms with Gasteiger partial charge in [0, 0.05) is 18.7 Å². The van der Waals surface area contributed by atoms with E-state index in [0.717, 1.165) is 0 Å². The molecule has 0 spiro atoms. The highest BCUT2D eigenvalue weighted by molar-refractivity contribution is 6.55. The van der Waals surface area contributed by atoms with Crippen LogP contribution in [0.5, 0.6) is 0 Å². The van der Waals surface area contributed by atoms with E-state index in [9.17, 15) is 9.59 Å². The van der Waals surface area contributed by atoms with Crippen LogP contribution in [-0.4, -0.2) is 41.8 Å². The summed E-state index contributed by atoms with van der Waals surface area (Å²) in [4.78, 5) is 24.8. The van der Waals surface area contributed by atoms with Crippen molar-refractivity contribution in [2.75, 3.05) is 11.4 Å². The molecule has 1 amide bonds. The lowest BCUT2D eigenvalue weighted by molar-refractivity contribution is -0.141. The molecule has 1 N–H and O–H groups in total. The van der Waals surface area contributed by atoms with Crippen LogP contribution in [0.3, 0.4) is 0 Å². The summed E-state index contributed by atoms with van der Waals surface area (Å²) in [5.41, 5.74) is -0.340. The van der Waals surface area contributed by atoms with Gasteiger partial charge in [-0.05, 0) is 57.9 Å². The number of anilines is 1. The van der Waals surface area contributed by atoms with Gasteiger partial charge in [-0.3, -0.25) is 9.59 Å². The number of hydrogen-bond acceptors (Lipinski definition) is 4. The Bertz CT molecular complexity index is 835. The molecule has 8 heteroatoms. The van der Waals surface area contributed by atoms with Crippen molar-refractivity contribution in [3.63, 3.8) is 0 Å². The van der Waals surface area contributed by atoms with E-state index in [1.54, 1.807) is 31.2 Å². The van der Waals surface area contributed by atoms with Crippen LogP contribution in [0.1, 0.15) is 46.6 Å². The number of carboxylic acids is 1. The lowest BCUT2D eigenvalue weighted by Gasteiger charge is -2.32. The van der Waals surface area contributed by atoms with Crippen molar-refractivity contribution in [1.82, 2.24) is 0 Å². The standard InChI is InChI=1S/C20H25BFNO5/c1-12(17(22)21-27-19(2,3)20(4,5)28-21)13-7-6-8-15(9-13)23-11-14(18(25)26)10-16(23)24/h6-9,14H,10-11H2,1-5H3,(H,25,26). The summed E-state index contributed by atoms with van der Waals surface area (Å²) >= 11 is 0. The zero-order chi connectivity index (χ0) is 20.9. The number of allylic oxidation sites excluding steroid dienone is 1. The van der Waals surface area contributed by atoms with E-state index in [2.05, 4.69) is 0 Å². The SMILES string of the molecule is CC(=C(F)B1OC(C)(C)C(C)(C)O1)c1cccc(N2CC(C(=O)O)CC2=O)c1. The van der Waals surface area contributed by atoms with Crippen LogP contribution in [0.25, 0.3) is 5.57 Å². The number of carbonyl (C=O) groups is 2. The fraction of sp³-hybridized carbons (Fsp3) is 0.500. The third kappa shape index (κ3) is 3.58. The Balaban J connectivity index is 1.87. The fourth-order valence-corrected chi connectivity index (χ4v) is 3.29. The normalized spacial score (nSPS) is 24.5. The third-order valence-corrected chi connectivity index (χ3v) is 5.88. The van der Waals surface area contributed by atoms with Crippen molar-refractivity contribution in [3.8, 4) is 0 Å². The Hall–Kier alpha value is -2.19. The monoisotopic (exact) mass is 389 g/mol. The van der Waals surface area contributed by atoms with Gasteiger partial charge < -0.3 is 19.3 Å². The fourth-order valence-electron chi connectivity index (χ4n) is 3.29. The van der Waals surface area contributed by atoms with E-state index in [-0.39, 0.29) is 18.9 Å². The molecule has 0 bridgehead atoms. The zero-order valence-electron chi connectivity index (χ0n) is 16.8. The number of hydrogen-bond donors (Lipinski definition) is 1. The minimum absolute atomic E-state index is 0.0311. The molecule has 6 nitrogen and oxygen atoms in total. The first-order chi connectivity index (χ1) is 12.9. The predicted molar refractivity (Wildman–Crippen MR) is 104 cm³/mol. The summed E-state index contributed by atoms with van der Waals surface area (Å²) in [6.45, 7) is 9.16. The van der Waals surface area contributed by atoms with Crippen LogP contribution in [0, 0.1) is 5.92 Å². The van der Waals surface area contributed by atoms with E-state index >= 15 is 4.39 Å². The third-order valence-electron chi connectivity index (χ3n) is 5.88. The average molecular weight is 389 g/mol. The first kappa shape index (κ1) is 20.5. The first-order valence-electron chi connectivity index (χ1n) is 9.28. The van der Waals surface area contributed by atoms with E-state index in [0.29, 0.717) is 16.8 Å². The molecule has 2 aliphatic heterocycles. The van der Waals surface area contributed by atoms with Gasteiger partial charge in [0.15, 0.2) is 0 Å². The number of rotatable bonds is 4. The summed E-state index contributed by atoms with van der Waals surface area (Å²) in [5, 5.41) is 9.15. The first-order valence-corrected chi connectivity index (χ1v) is 9.28. The molecule has 0 aromatic heterocycles. The molecule has 2 heterocycles. The molecule has 1 aromatic carbocycles. The van der Waals surface area contributed by atoms with Gasteiger partial charge in [0.05, 0.1) is 17.1 Å². The van der Waals surface area contributed by atoms with Gasteiger partial charge in [0.25, 0.3) is 0 Å². The van der Waals surface area contributed by atoms with Crippen molar-refractivity contribution in [3.05, 3.63) is 35.6 Å². The Morgan fingerprint density at radius 2 is 1.86 bits per heavy atom. The van der Waals surface area contributed by atoms with Gasteiger partial charge in [-0.2, -0.15) is 0 Å². The molecule has 1 atom stereocenters. The molecular formula is C20H25BFNO5. The van der Waals surface area contributed by atoms with E-state index in [4.69, 9.17) is 14.4 Å². The van der Waals surface area contributed by atoms with Crippen molar-refractivity contribution < 1.29 is 28.4 Å². The highest BCUT2D eigenvalue weighted by Gasteiger charge is 2.53. The van der Waals surface area contributed by atoms with Crippen LogP contribution in [0.4, 0.5) is 10.1 Å². The van der Waals surface area contributed by atoms with Crippen molar-refractivity contribution >= 4 is 30.3 Å². The largest absolute Gasteiger partial charge is 0.525 e. The minimum atomic E-state index is -1.10. The molecule has 0 aliphatic carbocycles. The summed E-state index contributed by atoms with van der Waals surface area (Å²) in [7, 11) is -1.10. The quantitative estimate of drug-likeness (QED) is 0.799. The molecule has 0 radical (unpaired) electrons. The molecule has 1 aromatic rings. The maximum atomic E-state index is 15.1. The number of halogens is 1. The number of carbonyl (C=O) groups excluding carboxylic acids is 1. The maximum Gasteiger partial charge on any atom is 0.525 e. The van der Waals surface area contributed by atoms with Gasteiger partial charge >= 0.3 is 13.1 Å². The molecule has 3 rings (SSSR count). The summed E-state index contributed by atoms with van der Waals surface area (Å²) in [6, 6.07) is 6.85. The smallest absolute Gasteiger partial charge is 0.481 e. The Morgan fingerprint density at radius 1 is 1.25 bits per heavy atom. The Labute approximate surface area is 164 Å². The van der Waals surface area contributed by atoms with Crippen LogP contribution in [-0.2, 0) is 18.9 Å². The molecule has 150 valence electrons. The number of carboxylic acid groups (broad SMARTS) is 1. The molecular weight excluding hydrogens is 364 g/mol. The lowest BCUT2D eigenvalue weighted by Crippen LogP contribution is -2.41. The Kier molecular flexibility index (Phi) is 5.14. The second-order valence-electron chi connectivity index (χ2n) is 8.36. The molecule has 2 aliphatic rings. The van der Waals surface area contributed by atoms with E-state index in [1.807, 2.05) is 27.7 Å². The van der Waals surface area contributed by atoms with Crippen LogP contribution in [0.2, 0.25) is 0 Å². The molecule has 28 heavy (non-hydrogen) atoms. The second-order valence-corrected chi connectivity index (χ2v) is 8.36. The molecule has 0 saturated carbocycles. The van der Waals surface area contributed by atoms with Crippen molar-refractivity contribution in [1.29, 1.82) is 0 Å². The molecule has 1 unspecified atom stereocenters.